The Morgan fingerprint density at radius 3 is 2.65 bits per heavy atom. The van der Waals surface area contributed by atoms with Gasteiger partial charge in [0.1, 0.15) is 17.9 Å². The molecule has 3 heteroatoms. The molecule has 3 aromatic carbocycles. The van der Waals surface area contributed by atoms with Crippen molar-refractivity contribution in [2.45, 2.75) is 26.9 Å². The third kappa shape index (κ3) is 2.97. The van der Waals surface area contributed by atoms with Gasteiger partial charge in [0.2, 0.25) is 0 Å². The van der Waals surface area contributed by atoms with Gasteiger partial charge >= 0.3 is 5.63 Å². The van der Waals surface area contributed by atoms with E-state index in [0.29, 0.717) is 17.9 Å². The molecule has 26 heavy (non-hydrogen) atoms. The maximum absolute atomic E-state index is 11.7. The fraction of sp³-hybridized carbons (Fsp3) is 0.174. The third-order valence-corrected chi connectivity index (χ3v) is 4.84. The molecule has 0 radical (unpaired) electrons. The first-order valence-corrected chi connectivity index (χ1v) is 8.82. The van der Waals surface area contributed by atoms with Gasteiger partial charge in [-0.1, -0.05) is 43.3 Å². The molecule has 0 saturated carbocycles. The molecule has 130 valence electrons. The van der Waals surface area contributed by atoms with Crippen molar-refractivity contribution in [2.24, 2.45) is 0 Å². The van der Waals surface area contributed by atoms with E-state index in [1.165, 1.54) is 21.9 Å². The van der Waals surface area contributed by atoms with Crippen molar-refractivity contribution in [1.82, 2.24) is 0 Å². The summed E-state index contributed by atoms with van der Waals surface area (Å²) in [6.07, 6.45) is 0.789. The van der Waals surface area contributed by atoms with Crippen molar-refractivity contribution in [3.05, 3.63) is 87.8 Å². The monoisotopic (exact) mass is 344 g/mol. The zero-order valence-electron chi connectivity index (χ0n) is 14.9. The number of benzene rings is 3. The first-order valence-electron chi connectivity index (χ1n) is 8.82. The van der Waals surface area contributed by atoms with Gasteiger partial charge < -0.3 is 9.15 Å². The van der Waals surface area contributed by atoms with Gasteiger partial charge in [0.15, 0.2) is 0 Å². The Bertz CT molecular complexity index is 1160. The second kappa shape index (κ2) is 6.68. The summed E-state index contributed by atoms with van der Waals surface area (Å²) in [5.74, 6) is 0.696. The zero-order chi connectivity index (χ0) is 18.1. The molecule has 3 nitrogen and oxygen atoms in total. The van der Waals surface area contributed by atoms with Crippen LogP contribution in [-0.2, 0) is 13.0 Å². The minimum atomic E-state index is -0.323. The van der Waals surface area contributed by atoms with Crippen LogP contribution in [0.3, 0.4) is 0 Å². The third-order valence-electron chi connectivity index (χ3n) is 4.84. The first kappa shape index (κ1) is 16.4. The highest BCUT2D eigenvalue weighted by atomic mass is 16.5. The highest BCUT2D eigenvalue weighted by Crippen LogP contribution is 2.26. The molecule has 0 aliphatic carbocycles. The largest absolute Gasteiger partial charge is 0.489 e. The molecular formula is C23H20O3. The molecule has 0 amide bonds. The van der Waals surface area contributed by atoms with Crippen molar-refractivity contribution in [1.29, 1.82) is 0 Å². The first-order chi connectivity index (χ1) is 12.7. The lowest BCUT2D eigenvalue weighted by Gasteiger charge is -2.12. The van der Waals surface area contributed by atoms with Crippen LogP contribution in [0.1, 0.15) is 23.6 Å². The summed E-state index contributed by atoms with van der Waals surface area (Å²) in [5, 5.41) is 3.36. The topological polar surface area (TPSA) is 39.4 Å². The van der Waals surface area contributed by atoms with Crippen molar-refractivity contribution >= 4 is 21.7 Å². The van der Waals surface area contributed by atoms with Gasteiger partial charge in [-0.2, -0.15) is 0 Å². The number of hydrogen-bond donors (Lipinski definition) is 0. The molecule has 4 aromatic rings. The van der Waals surface area contributed by atoms with Crippen molar-refractivity contribution in [3.63, 3.8) is 0 Å². The molecule has 0 N–H and O–H groups in total. The molecule has 0 unspecified atom stereocenters. The number of ether oxygens (including phenoxy) is 1. The maximum atomic E-state index is 11.7. The Morgan fingerprint density at radius 1 is 0.962 bits per heavy atom. The molecule has 0 atom stereocenters. The molecule has 0 aliphatic heterocycles. The summed E-state index contributed by atoms with van der Waals surface area (Å²) in [6.45, 7) is 4.59. The molecule has 0 spiro atoms. The van der Waals surface area contributed by atoms with Gasteiger partial charge in [-0.15, -0.1) is 0 Å². The SMILES string of the molecule is CCc1cc(=O)oc2cc(OCc3c(C)ccc4ccccc34)ccc12. The summed E-state index contributed by atoms with van der Waals surface area (Å²) in [7, 11) is 0. The minimum Gasteiger partial charge on any atom is -0.489 e. The predicted molar refractivity (Wildman–Crippen MR) is 105 cm³/mol. The predicted octanol–water partition coefficient (Wildman–Crippen LogP) is 5.40. The molecule has 1 aromatic heterocycles. The second-order valence-electron chi connectivity index (χ2n) is 6.47. The van der Waals surface area contributed by atoms with Crippen molar-refractivity contribution in [3.8, 4) is 5.75 Å². The quantitative estimate of drug-likeness (QED) is 0.466. The van der Waals surface area contributed by atoms with Crippen LogP contribution in [0.15, 0.2) is 69.9 Å². The Hall–Kier alpha value is -3.07. The molecule has 0 saturated heterocycles. The number of aryl methyl sites for hydroxylation is 2. The van der Waals surface area contributed by atoms with Crippen LogP contribution < -0.4 is 10.4 Å². The molecule has 1 heterocycles. The summed E-state index contributed by atoms with van der Waals surface area (Å²) in [5.41, 5.74) is 3.61. The average Bonchev–Trinajstić information content (AvgIpc) is 2.66. The Morgan fingerprint density at radius 2 is 1.81 bits per heavy atom. The minimum absolute atomic E-state index is 0.323. The molecular weight excluding hydrogens is 324 g/mol. The van der Waals surface area contributed by atoms with Crippen LogP contribution in [0, 0.1) is 6.92 Å². The van der Waals surface area contributed by atoms with Gasteiger partial charge in [0.25, 0.3) is 0 Å². The average molecular weight is 344 g/mol. The van der Waals surface area contributed by atoms with E-state index in [1.807, 2.05) is 31.2 Å². The van der Waals surface area contributed by atoms with Crippen LogP contribution in [0.2, 0.25) is 0 Å². The van der Waals surface area contributed by atoms with Crippen LogP contribution in [-0.4, -0.2) is 0 Å². The molecule has 0 fully saturated rings. The van der Waals surface area contributed by atoms with E-state index < -0.39 is 0 Å². The van der Waals surface area contributed by atoms with E-state index in [4.69, 9.17) is 9.15 Å². The van der Waals surface area contributed by atoms with Crippen LogP contribution in [0.25, 0.3) is 21.7 Å². The second-order valence-corrected chi connectivity index (χ2v) is 6.47. The van der Waals surface area contributed by atoms with Crippen LogP contribution in [0.5, 0.6) is 5.75 Å². The maximum Gasteiger partial charge on any atom is 0.336 e. The van der Waals surface area contributed by atoms with E-state index in [9.17, 15) is 4.79 Å². The summed E-state index contributed by atoms with van der Waals surface area (Å²) in [6, 6.07) is 19.8. The van der Waals surface area contributed by atoms with Gasteiger partial charge in [0, 0.05) is 23.1 Å². The summed E-state index contributed by atoms with van der Waals surface area (Å²) < 4.78 is 11.4. The van der Waals surface area contributed by atoms with E-state index in [1.54, 1.807) is 12.1 Å². The fourth-order valence-corrected chi connectivity index (χ4v) is 3.38. The Labute approximate surface area is 151 Å². The normalized spacial score (nSPS) is 11.2. The van der Waals surface area contributed by atoms with Crippen molar-refractivity contribution in [2.75, 3.05) is 0 Å². The van der Waals surface area contributed by atoms with E-state index in [0.717, 1.165) is 17.4 Å². The van der Waals surface area contributed by atoms with E-state index in [-0.39, 0.29) is 5.63 Å². The van der Waals surface area contributed by atoms with Crippen molar-refractivity contribution < 1.29 is 9.15 Å². The summed E-state index contributed by atoms with van der Waals surface area (Å²) in [4.78, 5) is 11.7. The summed E-state index contributed by atoms with van der Waals surface area (Å²) >= 11 is 0. The van der Waals surface area contributed by atoms with E-state index >= 15 is 0 Å². The Kier molecular flexibility index (Phi) is 4.21. The molecule has 4 rings (SSSR count). The highest BCUT2D eigenvalue weighted by molar-refractivity contribution is 5.86. The Balaban J connectivity index is 1.69. The smallest absolute Gasteiger partial charge is 0.336 e. The highest BCUT2D eigenvalue weighted by Gasteiger charge is 2.08. The van der Waals surface area contributed by atoms with Gasteiger partial charge in [0.05, 0.1) is 0 Å². The number of rotatable bonds is 4. The molecule has 0 aliphatic rings. The van der Waals surface area contributed by atoms with E-state index in [2.05, 4.69) is 31.2 Å². The zero-order valence-corrected chi connectivity index (χ0v) is 14.9. The van der Waals surface area contributed by atoms with Gasteiger partial charge in [-0.25, -0.2) is 4.79 Å². The number of fused-ring (bicyclic) bond motifs is 2. The van der Waals surface area contributed by atoms with Gasteiger partial charge in [-0.3, -0.25) is 0 Å². The van der Waals surface area contributed by atoms with Gasteiger partial charge in [-0.05, 0) is 47.4 Å². The van der Waals surface area contributed by atoms with Crippen LogP contribution in [0.4, 0.5) is 0 Å². The fourth-order valence-electron chi connectivity index (χ4n) is 3.38. The lowest BCUT2D eigenvalue weighted by Crippen LogP contribution is -2.01. The lowest BCUT2D eigenvalue weighted by atomic mass is 10.0. The standard InChI is InChI=1S/C23H20O3/c1-3-16-12-23(24)26-22-13-18(10-11-20(16)22)25-14-21-15(2)8-9-17-6-4-5-7-19(17)21/h4-13H,3,14H2,1-2H3. The molecule has 0 bridgehead atoms. The lowest BCUT2D eigenvalue weighted by molar-refractivity contribution is 0.307. The number of hydrogen-bond acceptors (Lipinski definition) is 3. The van der Waals surface area contributed by atoms with Crippen LogP contribution >= 0.6 is 0 Å².